The van der Waals surface area contributed by atoms with Crippen molar-refractivity contribution in [1.82, 2.24) is 0 Å². The lowest BCUT2D eigenvalue weighted by molar-refractivity contribution is 0.333. The molecule has 0 fully saturated rings. The van der Waals surface area contributed by atoms with E-state index in [4.69, 9.17) is 4.74 Å². The number of nitrogens with one attached hydrogen (secondary N) is 1. The second-order valence-corrected chi connectivity index (χ2v) is 5.98. The van der Waals surface area contributed by atoms with Gasteiger partial charge in [-0.3, -0.25) is 0 Å². The Morgan fingerprint density at radius 3 is 2.53 bits per heavy atom. The first kappa shape index (κ1) is 14.4. The van der Waals surface area contributed by atoms with Crippen LogP contribution in [0, 0.1) is 6.92 Å². The summed E-state index contributed by atoms with van der Waals surface area (Å²) in [5.74, 6) is 0.883. The third kappa shape index (κ3) is 4.55. The molecule has 2 aromatic carbocycles. The van der Waals surface area contributed by atoms with Gasteiger partial charge in [0, 0.05) is 21.2 Å². The largest absolute Gasteiger partial charge is 0.492 e. The molecule has 0 radical (unpaired) electrons. The normalized spacial score (nSPS) is 10.3. The van der Waals surface area contributed by atoms with Crippen molar-refractivity contribution in [2.24, 2.45) is 0 Å². The van der Waals surface area contributed by atoms with Gasteiger partial charge in [-0.25, -0.2) is 0 Å². The Morgan fingerprint density at radius 2 is 1.79 bits per heavy atom. The Balaban J connectivity index is 1.80. The van der Waals surface area contributed by atoms with Gasteiger partial charge in [-0.15, -0.1) is 0 Å². The third-order valence-electron chi connectivity index (χ3n) is 2.62. The molecule has 0 saturated carbocycles. The van der Waals surface area contributed by atoms with Gasteiger partial charge in [0.2, 0.25) is 0 Å². The molecule has 2 rings (SSSR count). The molecule has 0 bridgehead atoms. The number of aryl methyl sites for hydroxylation is 1. The quantitative estimate of drug-likeness (QED) is 0.731. The number of anilines is 1. The van der Waals surface area contributed by atoms with Crippen LogP contribution in [0.25, 0.3) is 0 Å². The molecular weight excluding hydrogens is 370 g/mol. The molecule has 0 aromatic heterocycles. The lowest BCUT2D eigenvalue weighted by Gasteiger charge is -2.10. The summed E-state index contributed by atoms with van der Waals surface area (Å²) in [7, 11) is 0. The fraction of sp³-hybridized carbons (Fsp3) is 0.200. The van der Waals surface area contributed by atoms with Crippen LogP contribution in [0.4, 0.5) is 5.69 Å². The first-order valence-electron chi connectivity index (χ1n) is 6.03. The summed E-state index contributed by atoms with van der Waals surface area (Å²) in [5.41, 5.74) is 2.33. The molecule has 4 heteroatoms. The fourth-order valence-corrected chi connectivity index (χ4v) is 2.31. The summed E-state index contributed by atoms with van der Waals surface area (Å²) in [6.45, 7) is 3.47. The van der Waals surface area contributed by atoms with Crippen LogP contribution in [0.2, 0.25) is 0 Å². The van der Waals surface area contributed by atoms with Crippen molar-refractivity contribution in [1.29, 1.82) is 0 Å². The predicted molar refractivity (Wildman–Crippen MR) is 87.0 cm³/mol. The number of hydrogen-bond donors (Lipinski definition) is 1. The van der Waals surface area contributed by atoms with Gasteiger partial charge in [-0.2, -0.15) is 0 Å². The summed E-state index contributed by atoms with van der Waals surface area (Å²) in [5, 5.41) is 3.35. The molecule has 0 unspecified atom stereocenters. The van der Waals surface area contributed by atoms with E-state index in [2.05, 4.69) is 56.2 Å². The SMILES string of the molecule is Cc1ccc(Br)c(NCCOc2ccc(Br)cc2)c1. The average molecular weight is 385 g/mol. The highest BCUT2D eigenvalue weighted by Crippen LogP contribution is 2.23. The third-order valence-corrected chi connectivity index (χ3v) is 3.84. The zero-order valence-electron chi connectivity index (χ0n) is 10.6. The molecular formula is C15H15Br2NO. The second-order valence-electron chi connectivity index (χ2n) is 4.21. The van der Waals surface area contributed by atoms with E-state index in [9.17, 15) is 0 Å². The molecule has 1 N–H and O–H groups in total. The topological polar surface area (TPSA) is 21.3 Å². The number of hydrogen-bond acceptors (Lipinski definition) is 2. The highest BCUT2D eigenvalue weighted by Gasteiger charge is 1.99. The summed E-state index contributed by atoms with van der Waals surface area (Å²) in [6.07, 6.45) is 0. The van der Waals surface area contributed by atoms with Gasteiger partial charge in [0.25, 0.3) is 0 Å². The van der Waals surface area contributed by atoms with Crippen LogP contribution in [0.15, 0.2) is 51.4 Å². The van der Waals surface area contributed by atoms with Gasteiger partial charge in [0.1, 0.15) is 12.4 Å². The number of ether oxygens (including phenoxy) is 1. The zero-order chi connectivity index (χ0) is 13.7. The van der Waals surface area contributed by atoms with E-state index in [0.29, 0.717) is 6.61 Å². The molecule has 2 aromatic rings. The molecule has 0 amide bonds. The molecule has 0 aliphatic carbocycles. The molecule has 2 nitrogen and oxygen atoms in total. The molecule has 100 valence electrons. The summed E-state index contributed by atoms with van der Waals surface area (Å²) in [6, 6.07) is 14.1. The average Bonchev–Trinajstić information content (AvgIpc) is 2.40. The van der Waals surface area contributed by atoms with E-state index in [0.717, 1.165) is 26.9 Å². The van der Waals surface area contributed by atoms with Gasteiger partial charge < -0.3 is 10.1 Å². The van der Waals surface area contributed by atoms with E-state index >= 15 is 0 Å². The number of halogens is 2. The van der Waals surface area contributed by atoms with Crippen LogP contribution in [-0.2, 0) is 0 Å². The number of rotatable bonds is 5. The van der Waals surface area contributed by atoms with Crippen LogP contribution in [-0.4, -0.2) is 13.2 Å². The molecule has 0 atom stereocenters. The van der Waals surface area contributed by atoms with Crippen LogP contribution in [0.1, 0.15) is 5.56 Å². The Bertz CT molecular complexity index is 540. The minimum atomic E-state index is 0.627. The van der Waals surface area contributed by atoms with Gasteiger partial charge in [0.15, 0.2) is 0 Å². The summed E-state index contributed by atoms with van der Waals surface area (Å²) in [4.78, 5) is 0. The maximum absolute atomic E-state index is 5.65. The highest BCUT2D eigenvalue weighted by atomic mass is 79.9. The minimum absolute atomic E-state index is 0.627. The van der Waals surface area contributed by atoms with Crippen LogP contribution in [0.3, 0.4) is 0 Å². The van der Waals surface area contributed by atoms with Crippen LogP contribution >= 0.6 is 31.9 Å². The van der Waals surface area contributed by atoms with Crippen molar-refractivity contribution in [3.63, 3.8) is 0 Å². The summed E-state index contributed by atoms with van der Waals surface area (Å²) < 4.78 is 7.78. The molecule has 0 heterocycles. The van der Waals surface area contributed by atoms with Crippen molar-refractivity contribution in [2.45, 2.75) is 6.92 Å². The van der Waals surface area contributed by atoms with Crippen LogP contribution in [0.5, 0.6) is 5.75 Å². The molecule has 0 aliphatic rings. The Labute approximate surface area is 130 Å². The van der Waals surface area contributed by atoms with E-state index < -0.39 is 0 Å². The molecule has 0 aliphatic heterocycles. The van der Waals surface area contributed by atoms with Gasteiger partial charge in [-0.05, 0) is 64.8 Å². The lowest BCUT2D eigenvalue weighted by atomic mass is 10.2. The Kier molecular flexibility index (Phi) is 5.28. The second kappa shape index (κ2) is 6.96. The Hall–Kier alpha value is -1.00. The standard InChI is InChI=1S/C15H15Br2NO/c1-11-2-7-14(17)15(10-11)18-8-9-19-13-5-3-12(16)4-6-13/h2-7,10,18H,8-9H2,1H3. The van der Waals surface area contributed by atoms with E-state index in [1.54, 1.807) is 0 Å². The van der Waals surface area contributed by atoms with Crippen molar-refractivity contribution >= 4 is 37.5 Å². The van der Waals surface area contributed by atoms with E-state index in [1.165, 1.54) is 5.56 Å². The first-order chi connectivity index (χ1) is 9.15. The zero-order valence-corrected chi connectivity index (χ0v) is 13.8. The minimum Gasteiger partial charge on any atom is -0.492 e. The van der Waals surface area contributed by atoms with Gasteiger partial charge in [-0.1, -0.05) is 22.0 Å². The van der Waals surface area contributed by atoms with Gasteiger partial charge in [0.05, 0.1) is 0 Å². The first-order valence-corrected chi connectivity index (χ1v) is 7.62. The fourth-order valence-electron chi connectivity index (χ4n) is 1.66. The highest BCUT2D eigenvalue weighted by molar-refractivity contribution is 9.10. The molecule has 19 heavy (non-hydrogen) atoms. The molecule has 0 saturated heterocycles. The number of benzene rings is 2. The van der Waals surface area contributed by atoms with E-state index in [-0.39, 0.29) is 0 Å². The van der Waals surface area contributed by atoms with E-state index in [1.807, 2.05) is 30.3 Å². The maximum Gasteiger partial charge on any atom is 0.119 e. The van der Waals surface area contributed by atoms with Crippen LogP contribution < -0.4 is 10.1 Å². The predicted octanol–water partition coefficient (Wildman–Crippen LogP) is 5.01. The van der Waals surface area contributed by atoms with Gasteiger partial charge >= 0.3 is 0 Å². The summed E-state index contributed by atoms with van der Waals surface area (Å²) >= 11 is 6.93. The molecule has 0 spiro atoms. The van der Waals surface area contributed by atoms with Crippen molar-refractivity contribution in [2.75, 3.05) is 18.5 Å². The Morgan fingerprint density at radius 1 is 1.05 bits per heavy atom. The van der Waals surface area contributed by atoms with Crippen molar-refractivity contribution < 1.29 is 4.74 Å². The van der Waals surface area contributed by atoms with Crippen molar-refractivity contribution in [3.8, 4) is 5.75 Å². The smallest absolute Gasteiger partial charge is 0.119 e. The lowest BCUT2D eigenvalue weighted by Crippen LogP contribution is -2.11. The monoisotopic (exact) mass is 383 g/mol. The maximum atomic E-state index is 5.65. The van der Waals surface area contributed by atoms with Crippen molar-refractivity contribution in [3.05, 3.63) is 57.0 Å².